The van der Waals surface area contributed by atoms with Crippen molar-refractivity contribution in [1.29, 1.82) is 0 Å². The molecule has 0 aliphatic carbocycles. The lowest BCUT2D eigenvalue weighted by Crippen LogP contribution is -2.31. The van der Waals surface area contributed by atoms with E-state index in [4.69, 9.17) is 10.8 Å². The van der Waals surface area contributed by atoms with Crippen molar-refractivity contribution < 1.29 is 13.9 Å². The quantitative estimate of drug-likeness (QED) is 0.801. The fraction of sp³-hybridized carbons (Fsp3) is 0.500. The molecule has 0 amide bonds. The normalized spacial score (nSPS) is 10.8. The first-order chi connectivity index (χ1) is 8.17. The molecular weight excluding hydrogens is 262 g/mol. The van der Waals surface area contributed by atoms with Crippen LogP contribution in [0.5, 0.6) is 0 Å². The van der Waals surface area contributed by atoms with E-state index < -0.39 is 6.43 Å². The molecule has 0 atom stereocenters. The number of rotatable bonds is 7. The molecule has 1 aromatic rings. The number of hydrogen-bond acceptors (Lipinski definition) is 3. The smallest absolute Gasteiger partial charge is 0.263 e. The number of hydrogen-bond donors (Lipinski definition) is 2. The number of benzene rings is 1. The van der Waals surface area contributed by atoms with Crippen molar-refractivity contribution >= 4 is 12.4 Å². The van der Waals surface area contributed by atoms with Crippen LogP contribution in [0.25, 0.3) is 0 Å². The van der Waals surface area contributed by atoms with Gasteiger partial charge in [-0.3, -0.25) is 4.90 Å². The van der Waals surface area contributed by atoms with Crippen LogP contribution >= 0.6 is 12.4 Å². The molecule has 1 aromatic carbocycles. The Bertz CT molecular complexity index is 316. The Kier molecular flexibility index (Phi) is 8.83. The molecule has 1 rings (SSSR count). The van der Waals surface area contributed by atoms with Crippen LogP contribution in [-0.2, 0) is 6.54 Å². The van der Waals surface area contributed by atoms with Gasteiger partial charge in [0.25, 0.3) is 6.43 Å². The van der Waals surface area contributed by atoms with Crippen molar-refractivity contribution in [2.24, 2.45) is 5.73 Å². The van der Waals surface area contributed by atoms with Gasteiger partial charge in [-0.05, 0) is 5.56 Å². The molecule has 0 fully saturated rings. The molecule has 3 N–H and O–H groups in total. The van der Waals surface area contributed by atoms with Crippen LogP contribution in [-0.4, -0.2) is 36.2 Å². The van der Waals surface area contributed by atoms with Gasteiger partial charge in [-0.1, -0.05) is 24.3 Å². The van der Waals surface area contributed by atoms with Gasteiger partial charge in [-0.2, -0.15) is 0 Å². The van der Waals surface area contributed by atoms with Crippen LogP contribution in [0.4, 0.5) is 8.78 Å². The molecule has 3 nitrogen and oxygen atoms in total. The Morgan fingerprint density at radius 2 is 1.78 bits per heavy atom. The van der Waals surface area contributed by atoms with E-state index >= 15 is 0 Å². The average molecular weight is 281 g/mol. The summed E-state index contributed by atoms with van der Waals surface area (Å²) in [5.74, 6) is 0. The molecule has 0 aromatic heterocycles. The van der Waals surface area contributed by atoms with Crippen molar-refractivity contribution in [3.63, 3.8) is 0 Å². The van der Waals surface area contributed by atoms with Crippen molar-refractivity contribution in [1.82, 2.24) is 4.90 Å². The van der Waals surface area contributed by atoms with Gasteiger partial charge >= 0.3 is 0 Å². The molecule has 104 valence electrons. The number of nitrogens with zero attached hydrogens (tertiary/aromatic N) is 1. The molecule has 0 saturated carbocycles. The lowest BCUT2D eigenvalue weighted by atomic mass is 10.1. The average Bonchev–Trinajstić information content (AvgIpc) is 2.30. The molecule has 18 heavy (non-hydrogen) atoms. The highest BCUT2D eigenvalue weighted by atomic mass is 35.5. The van der Waals surface area contributed by atoms with Crippen LogP contribution in [0.3, 0.4) is 0 Å². The second kappa shape index (κ2) is 9.22. The molecule has 6 heteroatoms. The summed E-state index contributed by atoms with van der Waals surface area (Å²) in [5.41, 5.74) is 6.42. The third-order valence-corrected chi connectivity index (χ3v) is 2.50. The fourth-order valence-electron chi connectivity index (χ4n) is 1.62. The van der Waals surface area contributed by atoms with E-state index in [-0.39, 0.29) is 24.6 Å². The first-order valence-electron chi connectivity index (χ1n) is 5.57. The van der Waals surface area contributed by atoms with Crippen LogP contribution in [0, 0.1) is 0 Å². The monoisotopic (exact) mass is 280 g/mol. The second-order valence-corrected chi connectivity index (χ2v) is 3.83. The van der Waals surface area contributed by atoms with Crippen molar-refractivity contribution in [3.05, 3.63) is 35.4 Å². The summed E-state index contributed by atoms with van der Waals surface area (Å²) >= 11 is 0. The summed E-state index contributed by atoms with van der Waals surface area (Å²) in [5, 5.41) is 8.88. The Balaban J connectivity index is 0.00000289. The molecule has 0 saturated heterocycles. The predicted molar refractivity (Wildman–Crippen MR) is 70.1 cm³/mol. The Morgan fingerprint density at radius 3 is 2.22 bits per heavy atom. The van der Waals surface area contributed by atoms with E-state index in [9.17, 15) is 8.78 Å². The highest BCUT2D eigenvalue weighted by Crippen LogP contribution is 2.19. The number of halogens is 3. The van der Waals surface area contributed by atoms with E-state index in [1.807, 2.05) is 4.90 Å². The first kappa shape index (κ1) is 17.2. The third-order valence-electron chi connectivity index (χ3n) is 2.50. The fourth-order valence-corrected chi connectivity index (χ4v) is 1.62. The summed E-state index contributed by atoms with van der Waals surface area (Å²) < 4.78 is 24.7. The number of alkyl halides is 2. The topological polar surface area (TPSA) is 49.5 Å². The van der Waals surface area contributed by atoms with E-state index in [1.165, 1.54) is 12.1 Å². The largest absolute Gasteiger partial charge is 0.395 e. The van der Waals surface area contributed by atoms with Crippen LogP contribution < -0.4 is 5.73 Å². The number of nitrogens with two attached hydrogens (primary N) is 1. The van der Waals surface area contributed by atoms with Crippen molar-refractivity contribution in [2.75, 3.05) is 26.2 Å². The van der Waals surface area contributed by atoms with Gasteiger partial charge < -0.3 is 10.8 Å². The van der Waals surface area contributed by atoms with Gasteiger partial charge in [-0.15, -0.1) is 12.4 Å². The van der Waals surface area contributed by atoms with Crippen LogP contribution in [0.1, 0.15) is 17.6 Å². The van der Waals surface area contributed by atoms with Crippen LogP contribution in [0.15, 0.2) is 24.3 Å². The highest BCUT2D eigenvalue weighted by molar-refractivity contribution is 5.85. The molecule has 0 radical (unpaired) electrons. The minimum Gasteiger partial charge on any atom is -0.395 e. The molecule has 0 unspecified atom stereocenters. The summed E-state index contributed by atoms with van der Waals surface area (Å²) in [6.07, 6.45) is -2.43. The minimum atomic E-state index is -2.43. The number of aliphatic hydroxyl groups is 1. The predicted octanol–water partition coefficient (Wildman–Crippen LogP) is 1.80. The Labute approximate surface area is 112 Å². The SMILES string of the molecule is Cl.NCCN(CCO)Cc1ccc(C(F)F)cc1. The number of aliphatic hydroxyl groups excluding tert-OH is 1. The second-order valence-electron chi connectivity index (χ2n) is 3.83. The van der Waals surface area contributed by atoms with Gasteiger partial charge in [0, 0.05) is 31.7 Å². The van der Waals surface area contributed by atoms with Gasteiger partial charge in [0.1, 0.15) is 0 Å². The standard InChI is InChI=1S/C12H18F2N2O.ClH/c13-12(14)11-3-1-10(2-4-11)9-16(6-5-15)7-8-17;/h1-4,12,17H,5-9,15H2;1H. The van der Waals surface area contributed by atoms with Gasteiger partial charge in [0.05, 0.1) is 6.61 Å². The summed E-state index contributed by atoms with van der Waals surface area (Å²) in [7, 11) is 0. The maximum atomic E-state index is 12.3. The molecular formula is C12H19ClF2N2O. The molecule has 0 spiro atoms. The van der Waals surface area contributed by atoms with E-state index in [1.54, 1.807) is 12.1 Å². The Morgan fingerprint density at radius 1 is 1.17 bits per heavy atom. The lowest BCUT2D eigenvalue weighted by molar-refractivity contribution is 0.151. The summed E-state index contributed by atoms with van der Waals surface area (Å²) in [4.78, 5) is 1.98. The summed E-state index contributed by atoms with van der Waals surface area (Å²) in [6, 6.07) is 6.23. The minimum absolute atomic E-state index is 0. The van der Waals surface area contributed by atoms with E-state index in [2.05, 4.69) is 0 Å². The third kappa shape index (κ3) is 5.73. The van der Waals surface area contributed by atoms with Gasteiger partial charge in [0.2, 0.25) is 0 Å². The maximum absolute atomic E-state index is 12.3. The van der Waals surface area contributed by atoms with E-state index in [0.717, 1.165) is 5.56 Å². The molecule has 0 heterocycles. The lowest BCUT2D eigenvalue weighted by Gasteiger charge is -2.20. The first-order valence-corrected chi connectivity index (χ1v) is 5.57. The zero-order chi connectivity index (χ0) is 12.7. The maximum Gasteiger partial charge on any atom is 0.263 e. The van der Waals surface area contributed by atoms with Crippen molar-refractivity contribution in [3.8, 4) is 0 Å². The van der Waals surface area contributed by atoms with Crippen LogP contribution in [0.2, 0.25) is 0 Å². The zero-order valence-corrected chi connectivity index (χ0v) is 10.9. The van der Waals surface area contributed by atoms with Gasteiger partial charge in [-0.25, -0.2) is 8.78 Å². The molecule has 0 bridgehead atoms. The van der Waals surface area contributed by atoms with Gasteiger partial charge in [0.15, 0.2) is 0 Å². The highest BCUT2D eigenvalue weighted by Gasteiger charge is 2.08. The molecule has 0 aliphatic rings. The summed E-state index contributed by atoms with van der Waals surface area (Å²) in [6.45, 7) is 2.40. The zero-order valence-electron chi connectivity index (χ0n) is 10.1. The van der Waals surface area contributed by atoms with Crippen molar-refractivity contribution in [2.45, 2.75) is 13.0 Å². The Hall–Kier alpha value is -0.750. The van der Waals surface area contributed by atoms with E-state index in [0.29, 0.717) is 26.2 Å². The molecule has 0 aliphatic heterocycles.